The van der Waals surface area contributed by atoms with Crippen molar-refractivity contribution in [1.29, 1.82) is 0 Å². The first-order valence-electron chi connectivity index (χ1n) is 24.9. The van der Waals surface area contributed by atoms with E-state index in [2.05, 4.69) is 168 Å². The number of aromatic nitrogens is 3. The molecule has 3 atom stereocenters. The van der Waals surface area contributed by atoms with Gasteiger partial charge in [-0.2, -0.15) is 10.5 Å². The molecule has 0 aliphatic heterocycles. The number of methoxy groups -OCH3 is 1. The number of amides is 4. The molecule has 3 saturated carbocycles. The third-order valence-electron chi connectivity index (χ3n) is 11.2. The van der Waals surface area contributed by atoms with E-state index in [0.29, 0.717) is 44.1 Å². The number of hydrogen-bond acceptors (Lipinski definition) is 16. The first-order valence-corrected chi connectivity index (χ1v) is 46.4. The van der Waals surface area contributed by atoms with E-state index in [9.17, 15) is 29.1 Å². The Morgan fingerprint density at radius 1 is 0.693 bits per heavy atom. The Hall–Kier alpha value is -0.720. The molecule has 3 aliphatic carbocycles. The molecule has 4 amide bonds. The maximum atomic E-state index is 12.7. The molecule has 0 saturated heterocycles. The number of thiazole rings is 3. The van der Waals surface area contributed by atoms with Crippen LogP contribution < -0.4 is 34.7 Å². The fourth-order valence-corrected chi connectivity index (χ4v) is 8.93. The zero-order chi connectivity index (χ0) is 56.9. The van der Waals surface area contributed by atoms with Gasteiger partial charge in [-0.1, -0.05) is 83.1 Å². The normalized spacial score (nSPS) is 14.8. The number of halogens is 5. The van der Waals surface area contributed by atoms with Crippen molar-refractivity contribution in [3.63, 3.8) is 0 Å². The first-order chi connectivity index (χ1) is 35.5. The van der Waals surface area contributed by atoms with Crippen molar-refractivity contribution in [2.45, 2.75) is 195 Å². The summed E-state index contributed by atoms with van der Waals surface area (Å²) in [5.41, 5.74) is 5.54. The van der Waals surface area contributed by atoms with Gasteiger partial charge in [-0.05, 0) is 56.3 Å². The molecule has 26 heteroatoms. The van der Waals surface area contributed by atoms with Gasteiger partial charge in [-0.3, -0.25) is 0 Å². The predicted octanol–water partition coefficient (Wildman–Crippen LogP) is 9.71. The summed E-state index contributed by atoms with van der Waals surface area (Å²) in [5.74, 6) is -0.0600. The average molecular weight is 1670 g/mol. The standard InChI is InChI=1S/C17H27N3O3S.C16H25N3O3S.C10H16N2S.C6H12N2O2.I3.I2/c1-10(2)14(16(21)23-5)19-17(22)20(13-6-7-13)8-12-9-24-15(18-12)11(3)4;1-9(2)13(15(20)21)18-16(22)19(12-5-6-12)7-11-8-23-14(17-11)10(3)4;1-7(2)10-12-9(6-13-10)5-11-8-3-4-8;1-5(2)6(7-4-9)8-10-3;1-3-2;1-2/h9-11,13-14H,6-8H2,1-5H3,(H,19,22);8-10,12-13H,5-7H2,1-4H3,(H,18,22)(H,20,21);6-8,11H,3-5H2,1-2H3;5-6,8H,1-3H3;;/q;;;;-1;/t14-;13-;;6-;;/m00.1../s1. The van der Waals surface area contributed by atoms with Gasteiger partial charge in [0.15, 0.2) is 0 Å². The average Bonchev–Trinajstić information content (AvgIpc) is 4.34. The Labute approximate surface area is 511 Å². The van der Waals surface area contributed by atoms with Crippen LogP contribution in [-0.2, 0) is 43.6 Å². The van der Waals surface area contributed by atoms with E-state index in [-0.39, 0.29) is 48.1 Å². The number of isocyanates is 1. The summed E-state index contributed by atoms with van der Waals surface area (Å²) in [5, 5.41) is 27.7. The van der Waals surface area contributed by atoms with Crippen LogP contribution in [0.1, 0.15) is 171 Å². The second-order valence-electron chi connectivity index (χ2n) is 19.9. The molecular weight excluding hydrogens is 1590 g/mol. The Kier molecular flexibility index (Phi) is 38.2. The number of carboxylic acid groups (broad SMARTS) is 1. The number of nitrogens with zero attached hydrogens (tertiary/aromatic N) is 6. The predicted molar refractivity (Wildman–Crippen MR) is 333 cm³/mol. The summed E-state index contributed by atoms with van der Waals surface area (Å²) in [6.07, 6.45) is 7.80. The number of aliphatic imine (C=N–C) groups is 1. The number of carboxylic acids is 1. The fourth-order valence-electron chi connectivity index (χ4n) is 6.44. The van der Waals surface area contributed by atoms with E-state index in [1.807, 2.05) is 38.5 Å². The molecule has 75 heavy (non-hydrogen) atoms. The summed E-state index contributed by atoms with van der Waals surface area (Å²) in [4.78, 5) is 83.5. The summed E-state index contributed by atoms with van der Waals surface area (Å²) >= 11 is 14.5. The molecular formula is C49H80I5N10O8S3-. The van der Waals surface area contributed by atoms with Crippen molar-refractivity contribution in [3.05, 3.63) is 48.2 Å². The van der Waals surface area contributed by atoms with Crippen molar-refractivity contribution >= 4 is 139 Å². The number of aliphatic carboxylic acids is 1. The van der Waals surface area contributed by atoms with Crippen LogP contribution in [-0.4, -0.2) is 111 Å². The second-order valence-corrected chi connectivity index (χ2v) is 38.8. The number of carbonyl (C=O) groups is 4. The van der Waals surface area contributed by atoms with Crippen molar-refractivity contribution in [2.75, 3.05) is 14.2 Å². The summed E-state index contributed by atoms with van der Waals surface area (Å²) < 4.78 is 4.80. The number of carbonyl (C=O) groups excluding carboxylic acids is 4. The number of hydrogen-bond donors (Lipinski definition) is 5. The zero-order valence-corrected chi connectivity index (χ0v) is 58.9. The molecule has 6 rings (SSSR count). The van der Waals surface area contributed by atoms with Gasteiger partial charge in [0, 0.05) is 95.8 Å². The van der Waals surface area contributed by atoms with E-state index in [1.54, 1.807) is 57.7 Å². The van der Waals surface area contributed by atoms with Crippen LogP contribution in [0, 0.1) is 17.8 Å². The molecule has 3 aromatic heterocycles. The Morgan fingerprint density at radius 2 is 1.08 bits per heavy atom. The molecule has 3 fully saturated rings. The van der Waals surface area contributed by atoms with Gasteiger partial charge in [-0.25, -0.2) is 38.9 Å². The van der Waals surface area contributed by atoms with E-state index in [4.69, 9.17) is 4.74 Å². The van der Waals surface area contributed by atoms with Crippen LogP contribution in [0.5, 0.6) is 0 Å². The van der Waals surface area contributed by atoms with Crippen LogP contribution in [0.15, 0.2) is 21.1 Å². The third-order valence-corrected chi connectivity index (χ3v) is 14.8. The molecule has 5 N–H and O–H groups in total. The number of nitrogens with one attached hydrogen (secondary N) is 4. The van der Waals surface area contributed by atoms with Crippen molar-refractivity contribution < 1.29 is 51.9 Å². The second kappa shape index (κ2) is 39.6. The van der Waals surface area contributed by atoms with Crippen LogP contribution in [0.2, 0.25) is 0 Å². The molecule has 18 nitrogen and oxygen atoms in total. The molecule has 0 spiro atoms. The third kappa shape index (κ3) is 29.5. The van der Waals surface area contributed by atoms with Gasteiger partial charge in [0.2, 0.25) is 6.08 Å². The van der Waals surface area contributed by atoms with Gasteiger partial charge in [0.1, 0.15) is 18.2 Å². The van der Waals surface area contributed by atoms with Crippen LogP contribution in [0.3, 0.4) is 0 Å². The molecule has 0 bridgehead atoms. The van der Waals surface area contributed by atoms with Crippen LogP contribution >= 0.6 is 108 Å². The molecule has 3 aliphatic rings. The summed E-state index contributed by atoms with van der Waals surface area (Å²) in [6, 6.07) is -0.825. The Bertz CT molecular complexity index is 2150. The van der Waals surface area contributed by atoms with Gasteiger partial charge >= 0.3 is 74.5 Å². The number of hydroxylamine groups is 1. The van der Waals surface area contributed by atoms with E-state index >= 15 is 0 Å². The van der Waals surface area contributed by atoms with Gasteiger partial charge in [0.05, 0.1) is 59.4 Å². The summed E-state index contributed by atoms with van der Waals surface area (Å²) in [7, 11) is 2.82. The van der Waals surface area contributed by atoms with Crippen molar-refractivity contribution in [3.8, 4) is 0 Å². The van der Waals surface area contributed by atoms with Gasteiger partial charge in [-0.15, -0.1) is 34.0 Å². The molecule has 0 unspecified atom stereocenters. The van der Waals surface area contributed by atoms with E-state index in [0.717, 1.165) is 59.7 Å². The van der Waals surface area contributed by atoms with Crippen molar-refractivity contribution in [1.82, 2.24) is 46.2 Å². The minimum absolute atomic E-state index is 0.0331. The van der Waals surface area contributed by atoms with Crippen LogP contribution in [0.4, 0.5) is 9.59 Å². The fraction of sp³-hybridized carbons (Fsp3) is 0.714. The monoisotopic (exact) mass is 1670 g/mol. The minimum atomic E-state index is -1.00. The zero-order valence-electron chi connectivity index (χ0n) is 45.6. The van der Waals surface area contributed by atoms with Crippen molar-refractivity contribution in [2.24, 2.45) is 22.7 Å². The molecule has 428 valence electrons. The first kappa shape index (κ1) is 72.3. The molecule has 0 radical (unpaired) electrons. The maximum absolute atomic E-state index is 12.7. The van der Waals surface area contributed by atoms with E-state index < -0.39 is 24.0 Å². The molecule has 0 aromatic carbocycles. The Morgan fingerprint density at radius 3 is 1.37 bits per heavy atom. The van der Waals surface area contributed by atoms with Gasteiger partial charge in [0.25, 0.3) is 0 Å². The molecule has 3 heterocycles. The number of urea groups is 2. The SMILES string of the molecule is CC(C)c1nc(CN(C(=O)N[C@H](C(=O)O)C(C)C)C2CC2)cs1.CC(C)c1nc(CNC2CC2)cs1.COC(=O)[C@@H](NC(=O)N(Cc1csc(C(C)C)n1)C1CC1)C(C)C.CON[C@@H](N=C=O)C(C)C.II.I[I-]I. The topological polar surface area (TPSA) is 230 Å². The van der Waals surface area contributed by atoms with Gasteiger partial charge < -0.3 is 40.4 Å². The van der Waals surface area contributed by atoms with E-state index in [1.165, 1.54) is 43.8 Å². The quantitative estimate of drug-likeness (QED) is 0.0208. The number of rotatable bonds is 22. The number of esters is 1. The molecule has 3 aromatic rings. The van der Waals surface area contributed by atoms with Crippen LogP contribution in [0.25, 0.3) is 0 Å². The Balaban J connectivity index is 0.000000509. The number of ether oxygens (including phenoxy) is 1. The summed E-state index contributed by atoms with van der Waals surface area (Å²) in [6.45, 7) is 25.9.